The van der Waals surface area contributed by atoms with Crippen LogP contribution in [0.15, 0.2) is 12.1 Å². The summed E-state index contributed by atoms with van der Waals surface area (Å²) in [7, 11) is 0. The van der Waals surface area contributed by atoms with Gasteiger partial charge in [0.25, 0.3) is 0 Å². The van der Waals surface area contributed by atoms with Crippen molar-refractivity contribution in [3.05, 3.63) is 28.8 Å². The summed E-state index contributed by atoms with van der Waals surface area (Å²) in [6.45, 7) is 8.02. The highest BCUT2D eigenvalue weighted by atomic mass is 16.5. The number of aryl methyl sites for hydroxylation is 2. The summed E-state index contributed by atoms with van der Waals surface area (Å²) in [5.41, 5.74) is 9.78. The molecule has 21 heavy (non-hydrogen) atoms. The lowest BCUT2D eigenvalue weighted by molar-refractivity contribution is 0.0901. The molecular weight excluding hydrogens is 262 g/mol. The van der Waals surface area contributed by atoms with Gasteiger partial charge in [-0.15, -0.1) is 0 Å². The quantitative estimate of drug-likeness (QED) is 0.836. The molecule has 3 nitrogen and oxygen atoms in total. The van der Waals surface area contributed by atoms with E-state index in [0.29, 0.717) is 6.10 Å². The second kappa shape index (κ2) is 7.81. The van der Waals surface area contributed by atoms with Crippen LogP contribution in [0.5, 0.6) is 5.75 Å². The molecule has 1 aliphatic heterocycles. The van der Waals surface area contributed by atoms with Gasteiger partial charge in [-0.25, -0.2) is 0 Å². The van der Waals surface area contributed by atoms with Crippen LogP contribution in [-0.4, -0.2) is 25.4 Å². The highest BCUT2D eigenvalue weighted by Crippen LogP contribution is 2.26. The van der Waals surface area contributed by atoms with E-state index < -0.39 is 0 Å². The van der Waals surface area contributed by atoms with Gasteiger partial charge in [-0.05, 0) is 56.2 Å². The summed E-state index contributed by atoms with van der Waals surface area (Å²) in [5, 5.41) is 0. The molecule has 2 rings (SSSR count). The fraction of sp³-hybridized carbons (Fsp3) is 0.667. The van der Waals surface area contributed by atoms with Gasteiger partial charge in [0.2, 0.25) is 0 Å². The van der Waals surface area contributed by atoms with Crippen molar-refractivity contribution in [2.75, 3.05) is 13.2 Å². The zero-order valence-electron chi connectivity index (χ0n) is 13.7. The predicted molar refractivity (Wildman–Crippen MR) is 87.0 cm³/mol. The monoisotopic (exact) mass is 291 g/mol. The molecule has 2 atom stereocenters. The first-order valence-electron chi connectivity index (χ1n) is 8.20. The molecule has 0 aliphatic carbocycles. The number of rotatable bonds is 7. The van der Waals surface area contributed by atoms with Gasteiger partial charge in [-0.1, -0.05) is 19.1 Å². The maximum atomic E-state index is 6.05. The first kappa shape index (κ1) is 16.3. The molecule has 118 valence electrons. The van der Waals surface area contributed by atoms with Gasteiger partial charge < -0.3 is 15.2 Å². The Morgan fingerprint density at radius 3 is 2.62 bits per heavy atom. The third-order valence-corrected chi connectivity index (χ3v) is 4.25. The summed E-state index contributed by atoms with van der Waals surface area (Å²) in [5.74, 6) is 1.03. The van der Waals surface area contributed by atoms with Gasteiger partial charge in [0, 0.05) is 19.1 Å². The summed E-state index contributed by atoms with van der Waals surface area (Å²) < 4.78 is 11.6. The van der Waals surface area contributed by atoms with E-state index in [9.17, 15) is 0 Å². The van der Waals surface area contributed by atoms with Crippen molar-refractivity contribution in [3.63, 3.8) is 0 Å². The van der Waals surface area contributed by atoms with Crippen LogP contribution < -0.4 is 10.5 Å². The number of benzene rings is 1. The largest absolute Gasteiger partial charge is 0.493 e. The summed E-state index contributed by atoms with van der Waals surface area (Å²) in [6.07, 6.45) is 5.70. The van der Waals surface area contributed by atoms with E-state index in [0.717, 1.165) is 38.2 Å². The lowest BCUT2D eigenvalue weighted by Gasteiger charge is -2.17. The van der Waals surface area contributed by atoms with Gasteiger partial charge in [0.1, 0.15) is 5.75 Å². The Kier molecular flexibility index (Phi) is 6.07. The van der Waals surface area contributed by atoms with Crippen molar-refractivity contribution >= 4 is 0 Å². The minimum Gasteiger partial charge on any atom is -0.493 e. The number of ether oxygens (including phenoxy) is 2. The van der Waals surface area contributed by atoms with Gasteiger partial charge in [0.15, 0.2) is 0 Å². The molecule has 1 saturated heterocycles. The summed E-state index contributed by atoms with van der Waals surface area (Å²) >= 11 is 0. The molecule has 1 heterocycles. The lowest BCUT2D eigenvalue weighted by Crippen LogP contribution is -2.21. The Hall–Kier alpha value is -1.06. The van der Waals surface area contributed by atoms with Gasteiger partial charge in [-0.3, -0.25) is 0 Å². The highest BCUT2D eigenvalue weighted by molar-refractivity contribution is 5.43. The van der Waals surface area contributed by atoms with E-state index in [4.69, 9.17) is 15.2 Å². The SMILES string of the molecule is CCC(N)Cc1cc(C)c(OCCC2CCCO2)c(C)c1. The first-order chi connectivity index (χ1) is 10.1. The topological polar surface area (TPSA) is 44.5 Å². The molecule has 1 aromatic rings. The molecule has 1 aliphatic rings. The Bertz CT molecular complexity index is 430. The predicted octanol–water partition coefficient (Wildman–Crippen LogP) is 3.53. The van der Waals surface area contributed by atoms with Crippen molar-refractivity contribution in [1.82, 2.24) is 0 Å². The average molecular weight is 291 g/mol. The molecule has 0 amide bonds. The Labute approximate surface area is 128 Å². The Morgan fingerprint density at radius 1 is 1.33 bits per heavy atom. The van der Waals surface area contributed by atoms with Crippen LogP contribution in [-0.2, 0) is 11.2 Å². The third-order valence-electron chi connectivity index (χ3n) is 4.25. The molecule has 1 aromatic carbocycles. The standard InChI is InChI=1S/C18H29NO2/c1-4-16(19)12-15-10-13(2)18(14(3)11-15)21-9-7-17-6-5-8-20-17/h10-11,16-17H,4-9,12,19H2,1-3H3. The van der Waals surface area contributed by atoms with E-state index in [2.05, 4.69) is 32.9 Å². The highest BCUT2D eigenvalue weighted by Gasteiger charge is 2.16. The smallest absolute Gasteiger partial charge is 0.125 e. The molecule has 0 saturated carbocycles. The maximum Gasteiger partial charge on any atom is 0.125 e. The van der Waals surface area contributed by atoms with E-state index in [1.165, 1.54) is 29.5 Å². The van der Waals surface area contributed by atoms with Gasteiger partial charge in [0.05, 0.1) is 12.7 Å². The van der Waals surface area contributed by atoms with Crippen molar-refractivity contribution in [3.8, 4) is 5.75 Å². The van der Waals surface area contributed by atoms with Crippen molar-refractivity contribution < 1.29 is 9.47 Å². The van der Waals surface area contributed by atoms with Crippen molar-refractivity contribution in [2.45, 2.75) is 65.0 Å². The van der Waals surface area contributed by atoms with E-state index in [-0.39, 0.29) is 6.04 Å². The number of hydrogen-bond acceptors (Lipinski definition) is 3. The summed E-state index contributed by atoms with van der Waals surface area (Å²) in [6, 6.07) is 4.67. The van der Waals surface area contributed by atoms with Crippen LogP contribution in [0.4, 0.5) is 0 Å². The molecule has 3 heteroatoms. The van der Waals surface area contributed by atoms with E-state index >= 15 is 0 Å². The molecule has 0 spiro atoms. The zero-order valence-corrected chi connectivity index (χ0v) is 13.7. The zero-order chi connectivity index (χ0) is 15.2. The van der Waals surface area contributed by atoms with Crippen LogP contribution >= 0.6 is 0 Å². The van der Waals surface area contributed by atoms with Crippen LogP contribution in [0.25, 0.3) is 0 Å². The van der Waals surface area contributed by atoms with Crippen LogP contribution in [0.1, 0.15) is 49.3 Å². The molecule has 2 unspecified atom stereocenters. The molecule has 1 fully saturated rings. The molecule has 0 aromatic heterocycles. The van der Waals surface area contributed by atoms with Gasteiger partial charge >= 0.3 is 0 Å². The van der Waals surface area contributed by atoms with Gasteiger partial charge in [-0.2, -0.15) is 0 Å². The minimum atomic E-state index is 0.245. The van der Waals surface area contributed by atoms with E-state index in [1.54, 1.807) is 0 Å². The molecule has 2 N–H and O–H groups in total. The second-order valence-corrected chi connectivity index (χ2v) is 6.20. The lowest BCUT2D eigenvalue weighted by atomic mass is 9.99. The van der Waals surface area contributed by atoms with Crippen molar-refractivity contribution in [1.29, 1.82) is 0 Å². The van der Waals surface area contributed by atoms with Crippen molar-refractivity contribution in [2.24, 2.45) is 5.73 Å². The normalized spacial score (nSPS) is 19.7. The number of nitrogens with two attached hydrogens (primary N) is 1. The maximum absolute atomic E-state index is 6.05. The van der Waals surface area contributed by atoms with Crippen LogP contribution in [0.2, 0.25) is 0 Å². The first-order valence-corrected chi connectivity index (χ1v) is 8.20. The molecule has 0 bridgehead atoms. The van der Waals surface area contributed by atoms with E-state index in [1.807, 2.05) is 0 Å². The summed E-state index contributed by atoms with van der Waals surface area (Å²) in [4.78, 5) is 0. The third kappa shape index (κ3) is 4.72. The van der Waals surface area contributed by atoms with Crippen LogP contribution in [0.3, 0.4) is 0 Å². The Balaban J connectivity index is 1.92. The molecular formula is C18H29NO2. The Morgan fingerprint density at radius 2 is 2.05 bits per heavy atom. The fourth-order valence-electron chi connectivity index (χ4n) is 3.00. The number of hydrogen-bond donors (Lipinski definition) is 1. The minimum absolute atomic E-state index is 0.245. The average Bonchev–Trinajstić information content (AvgIpc) is 2.95. The fourth-order valence-corrected chi connectivity index (χ4v) is 3.00. The second-order valence-electron chi connectivity index (χ2n) is 6.20. The van der Waals surface area contributed by atoms with Crippen LogP contribution in [0, 0.1) is 13.8 Å². The molecule has 0 radical (unpaired) electrons.